The van der Waals surface area contributed by atoms with Gasteiger partial charge in [0.05, 0.1) is 12.2 Å². The molecule has 0 unspecified atom stereocenters. The van der Waals surface area contributed by atoms with Gasteiger partial charge in [0.25, 0.3) is 5.91 Å². The van der Waals surface area contributed by atoms with Crippen molar-refractivity contribution in [3.8, 4) is 0 Å². The second-order valence-electron chi connectivity index (χ2n) is 11.0. The fraction of sp³-hybridized carbons (Fsp3) is 0.273. The number of hydrogen-bond donors (Lipinski definition) is 2. The molecule has 6 heteroatoms. The van der Waals surface area contributed by atoms with Crippen LogP contribution in [0, 0.1) is 0 Å². The number of carbonyl (C=O) groups is 2. The zero-order chi connectivity index (χ0) is 26.7. The lowest BCUT2D eigenvalue weighted by Crippen LogP contribution is -2.67. The third kappa shape index (κ3) is 3.54. The van der Waals surface area contributed by atoms with Gasteiger partial charge in [-0.2, -0.15) is 0 Å². The molecule has 1 fully saturated rings. The van der Waals surface area contributed by atoms with Gasteiger partial charge in [-0.3, -0.25) is 9.59 Å². The molecule has 2 aliphatic rings. The first-order chi connectivity index (χ1) is 19.0. The molecule has 0 radical (unpaired) electrons. The molecule has 2 atom stereocenters. The fourth-order valence-corrected chi connectivity index (χ4v) is 6.74. The molecule has 39 heavy (non-hydrogen) atoms. The Morgan fingerprint density at radius 2 is 1.64 bits per heavy atom. The molecule has 7 rings (SSSR count). The van der Waals surface area contributed by atoms with E-state index in [0.717, 1.165) is 45.0 Å². The van der Waals surface area contributed by atoms with E-state index in [2.05, 4.69) is 65.4 Å². The molecular weight excluding hydrogens is 484 g/mol. The lowest BCUT2D eigenvalue weighted by Gasteiger charge is -2.51. The van der Waals surface area contributed by atoms with Crippen molar-refractivity contribution in [1.29, 1.82) is 0 Å². The number of para-hydroxylation sites is 2. The molecule has 196 valence electrons. The highest BCUT2D eigenvalue weighted by Crippen LogP contribution is 2.48. The van der Waals surface area contributed by atoms with Crippen LogP contribution in [0.1, 0.15) is 47.7 Å². The molecule has 4 heterocycles. The van der Waals surface area contributed by atoms with E-state index in [4.69, 9.17) is 0 Å². The summed E-state index contributed by atoms with van der Waals surface area (Å²) in [6.45, 7) is 5.16. The second kappa shape index (κ2) is 8.87. The van der Waals surface area contributed by atoms with Gasteiger partial charge in [0.15, 0.2) is 5.54 Å². The lowest BCUT2D eigenvalue weighted by atomic mass is 9.76. The van der Waals surface area contributed by atoms with Crippen LogP contribution in [0.4, 0.5) is 0 Å². The minimum atomic E-state index is -1.08. The summed E-state index contributed by atoms with van der Waals surface area (Å²) in [7, 11) is 0. The highest BCUT2D eigenvalue weighted by Gasteiger charge is 2.56. The summed E-state index contributed by atoms with van der Waals surface area (Å²) < 4.78 is 0. The Hall–Kier alpha value is -4.32. The fourth-order valence-electron chi connectivity index (χ4n) is 6.74. The summed E-state index contributed by atoms with van der Waals surface area (Å²) in [5.74, 6) is -0.0327. The number of fused-ring (bicyclic) bond motifs is 6. The molecule has 3 aromatic carbocycles. The van der Waals surface area contributed by atoms with Gasteiger partial charge in [0, 0.05) is 47.0 Å². The topological polar surface area (TPSA) is 72.2 Å². The van der Waals surface area contributed by atoms with E-state index >= 15 is 0 Å². The maximum atomic E-state index is 14.3. The quantitative estimate of drug-likeness (QED) is 0.324. The number of nitrogens with one attached hydrogen (secondary N) is 2. The SMILES string of the molecule is CCc1ccc([C@H]2CN3C(=O)CN(CCc4c[nH]c5ccccc45)C(=O)[C@]3(C)c3[nH]c4ccccc4c32)cc1. The average molecular weight is 517 g/mol. The van der Waals surface area contributed by atoms with Crippen LogP contribution in [0.3, 0.4) is 0 Å². The van der Waals surface area contributed by atoms with Crippen LogP contribution in [0.5, 0.6) is 0 Å². The van der Waals surface area contributed by atoms with Crippen molar-refractivity contribution in [2.45, 2.75) is 38.1 Å². The van der Waals surface area contributed by atoms with Gasteiger partial charge < -0.3 is 19.8 Å². The van der Waals surface area contributed by atoms with Crippen molar-refractivity contribution in [2.75, 3.05) is 19.6 Å². The zero-order valence-electron chi connectivity index (χ0n) is 22.3. The number of amides is 2. The van der Waals surface area contributed by atoms with Crippen molar-refractivity contribution >= 4 is 33.6 Å². The number of piperazine rings is 1. The first-order valence-electron chi connectivity index (χ1n) is 13.8. The van der Waals surface area contributed by atoms with Crippen LogP contribution < -0.4 is 0 Å². The lowest BCUT2D eigenvalue weighted by molar-refractivity contribution is -0.166. The number of benzene rings is 3. The van der Waals surface area contributed by atoms with Gasteiger partial charge in [-0.25, -0.2) is 0 Å². The number of H-pyrrole nitrogens is 2. The normalized spacial score (nSPS) is 21.0. The smallest absolute Gasteiger partial charge is 0.254 e. The molecule has 0 bridgehead atoms. The highest BCUT2D eigenvalue weighted by atomic mass is 16.2. The summed E-state index contributed by atoms with van der Waals surface area (Å²) in [6, 6.07) is 25.1. The number of carbonyl (C=O) groups excluding carboxylic acids is 2. The third-order valence-electron chi connectivity index (χ3n) is 8.93. The largest absolute Gasteiger partial charge is 0.361 e. The Labute approximate surface area is 227 Å². The van der Waals surface area contributed by atoms with Crippen LogP contribution in [-0.2, 0) is 28.0 Å². The Bertz CT molecular complexity index is 1730. The molecular formula is C33H32N4O2. The van der Waals surface area contributed by atoms with Crippen molar-refractivity contribution in [1.82, 2.24) is 19.8 Å². The van der Waals surface area contributed by atoms with E-state index in [1.54, 1.807) is 4.90 Å². The van der Waals surface area contributed by atoms with E-state index in [1.165, 1.54) is 11.1 Å². The van der Waals surface area contributed by atoms with Gasteiger partial charge in [-0.15, -0.1) is 0 Å². The van der Waals surface area contributed by atoms with Crippen molar-refractivity contribution in [3.05, 3.63) is 107 Å². The minimum absolute atomic E-state index is 0.00416. The number of nitrogens with zero attached hydrogens (tertiary/aromatic N) is 2. The van der Waals surface area contributed by atoms with Crippen LogP contribution in [0.2, 0.25) is 0 Å². The van der Waals surface area contributed by atoms with E-state index in [-0.39, 0.29) is 24.3 Å². The molecule has 5 aromatic rings. The number of hydrogen-bond acceptors (Lipinski definition) is 2. The summed E-state index contributed by atoms with van der Waals surface area (Å²) in [5, 5.41) is 2.28. The Kier molecular flexibility index (Phi) is 5.41. The Morgan fingerprint density at radius 1 is 0.923 bits per heavy atom. The maximum absolute atomic E-state index is 14.3. The predicted octanol–water partition coefficient (Wildman–Crippen LogP) is 5.49. The Balaban J connectivity index is 1.29. The van der Waals surface area contributed by atoms with Gasteiger partial charge in [0.1, 0.15) is 0 Å². The summed E-state index contributed by atoms with van der Waals surface area (Å²) in [4.78, 5) is 38.6. The maximum Gasteiger partial charge on any atom is 0.254 e. The summed E-state index contributed by atoms with van der Waals surface area (Å²) in [6.07, 6.45) is 3.68. The molecule has 0 saturated carbocycles. The molecule has 2 aliphatic heterocycles. The standard InChI is InChI=1S/C33H32N4O2/c1-3-21-12-14-22(15-13-21)26-19-37-29(38)20-36(17-16-23-18-34-27-10-6-4-8-24(23)27)32(39)33(37,2)31-30(26)25-9-5-7-11-28(25)35-31/h4-15,18,26,34-35H,3,16-17,19-20H2,1-2H3/t26-,33+/m1/s1. The summed E-state index contributed by atoms with van der Waals surface area (Å²) in [5.41, 5.74) is 6.59. The van der Waals surface area contributed by atoms with E-state index in [9.17, 15) is 9.59 Å². The molecule has 2 N–H and O–H groups in total. The third-order valence-corrected chi connectivity index (χ3v) is 8.93. The second-order valence-corrected chi connectivity index (χ2v) is 11.0. The van der Waals surface area contributed by atoms with Gasteiger partial charge in [-0.1, -0.05) is 67.6 Å². The first-order valence-corrected chi connectivity index (χ1v) is 13.8. The number of aryl methyl sites for hydroxylation is 1. The molecule has 6 nitrogen and oxygen atoms in total. The minimum Gasteiger partial charge on any atom is -0.361 e. The Morgan fingerprint density at radius 3 is 2.41 bits per heavy atom. The monoisotopic (exact) mass is 516 g/mol. The van der Waals surface area contributed by atoms with Gasteiger partial charge in [0.2, 0.25) is 5.91 Å². The van der Waals surface area contributed by atoms with E-state index in [0.29, 0.717) is 19.5 Å². The zero-order valence-corrected chi connectivity index (χ0v) is 22.3. The average Bonchev–Trinajstić information content (AvgIpc) is 3.57. The first kappa shape index (κ1) is 23.8. The predicted molar refractivity (Wildman–Crippen MR) is 154 cm³/mol. The molecule has 2 amide bonds. The molecule has 0 spiro atoms. The summed E-state index contributed by atoms with van der Waals surface area (Å²) >= 11 is 0. The van der Waals surface area contributed by atoms with Crippen LogP contribution >= 0.6 is 0 Å². The van der Waals surface area contributed by atoms with Crippen LogP contribution in [-0.4, -0.2) is 51.2 Å². The highest BCUT2D eigenvalue weighted by molar-refractivity contribution is 6.01. The van der Waals surface area contributed by atoms with E-state index in [1.807, 2.05) is 42.3 Å². The molecule has 1 saturated heterocycles. The van der Waals surface area contributed by atoms with Gasteiger partial charge >= 0.3 is 0 Å². The number of rotatable bonds is 5. The molecule has 2 aromatic heterocycles. The van der Waals surface area contributed by atoms with Crippen molar-refractivity contribution < 1.29 is 9.59 Å². The van der Waals surface area contributed by atoms with Crippen molar-refractivity contribution in [2.24, 2.45) is 0 Å². The van der Waals surface area contributed by atoms with E-state index < -0.39 is 5.54 Å². The van der Waals surface area contributed by atoms with Crippen LogP contribution in [0.25, 0.3) is 21.8 Å². The van der Waals surface area contributed by atoms with Crippen LogP contribution in [0.15, 0.2) is 79.0 Å². The van der Waals surface area contributed by atoms with Crippen molar-refractivity contribution in [3.63, 3.8) is 0 Å². The number of aromatic nitrogens is 2. The van der Waals surface area contributed by atoms with Gasteiger partial charge in [-0.05, 0) is 54.2 Å². The molecule has 0 aliphatic carbocycles. The number of aromatic amines is 2.